The lowest BCUT2D eigenvalue weighted by molar-refractivity contribution is -0.118. The number of amides is 2. The van der Waals surface area contributed by atoms with Crippen LogP contribution in [0.2, 0.25) is 0 Å². The second-order valence-corrected chi connectivity index (χ2v) is 5.37. The van der Waals surface area contributed by atoms with E-state index in [4.69, 9.17) is 0 Å². The molecule has 2 aromatic carbocycles. The molecule has 0 saturated heterocycles. The molecule has 2 amide bonds. The van der Waals surface area contributed by atoms with Gasteiger partial charge in [-0.25, -0.2) is 8.78 Å². The number of fused-ring (bicyclic) bond motifs is 1. The van der Waals surface area contributed by atoms with E-state index < -0.39 is 17.5 Å². The molecule has 1 heterocycles. The van der Waals surface area contributed by atoms with Gasteiger partial charge in [0.05, 0.1) is 5.56 Å². The van der Waals surface area contributed by atoms with E-state index in [0.717, 1.165) is 29.4 Å². The minimum absolute atomic E-state index is 0.0381. The molecule has 0 spiro atoms. The summed E-state index contributed by atoms with van der Waals surface area (Å²) < 4.78 is 26.8. The van der Waals surface area contributed by atoms with Gasteiger partial charge in [-0.15, -0.1) is 0 Å². The van der Waals surface area contributed by atoms with Crippen LogP contribution in [-0.2, 0) is 11.2 Å². The lowest BCUT2D eigenvalue weighted by Gasteiger charge is -2.26. The summed E-state index contributed by atoms with van der Waals surface area (Å²) in [6.45, 7) is 0. The number of rotatable bonds is 2. The van der Waals surface area contributed by atoms with Crippen molar-refractivity contribution in [3.8, 4) is 0 Å². The van der Waals surface area contributed by atoms with Crippen LogP contribution in [0.1, 0.15) is 22.3 Å². The second-order valence-electron chi connectivity index (χ2n) is 5.37. The molecule has 23 heavy (non-hydrogen) atoms. The van der Waals surface area contributed by atoms with Crippen molar-refractivity contribution in [1.29, 1.82) is 0 Å². The van der Waals surface area contributed by atoms with E-state index in [1.807, 2.05) is 0 Å². The predicted molar refractivity (Wildman–Crippen MR) is 82.5 cm³/mol. The summed E-state index contributed by atoms with van der Waals surface area (Å²) in [4.78, 5) is 25.3. The smallest absolute Gasteiger partial charge is 0.258 e. The molecule has 4 nitrogen and oxygen atoms in total. The molecule has 3 rings (SSSR count). The van der Waals surface area contributed by atoms with Crippen LogP contribution in [0.3, 0.4) is 0 Å². The first-order valence-corrected chi connectivity index (χ1v) is 7.11. The number of anilines is 2. The van der Waals surface area contributed by atoms with E-state index in [-0.39, 0.29) is 11.5 Å². The molecule has 0 bridgehead atoms. The Morgan fingerprint density at radius 1 is 1.13 bits per heavy atom. The maximum absolute atomic E-state index is 13.6. The average Bonchev–Trinajstić information content (AvgIpc) is 2.53. The van der Waals surface area contributed by atoms with Gasteiger partial charge in [0.15, 0.2) is 0 Å². The highest BCUT2D eigenvalue weighted by Gasteiger charge is 2.21. The van der Waals surface area contributed by atoms with E-state index in [1.165, 1.54) is 0 Å². The van der Waals surface area contributed by atoms with Crippen molar-refractivity contribution in [3.05, 3.63) is 59.2 Å². The summed E-state index contributed by atoms with van der Waals surface area (Å²) in [6.07, 6.45) is 0.982. The first-order chi connectivity index (χ1) is 11.0. The van der Waals surface area contributed by atoms with Gasteiger partial charge in [-0.05, 0) is 48.4 Å². The highest BCUT2D eigenvalue weighted by Crippen LogP contribution is 2.29. The quantitative estimate of drug-likeness (QED) is 0.925. The van der Waals surface area contributed by atoms with Gasteiger partial charge in [-0.1, -0.05) is 0 Å². The molecule has 0 atom stereocenters. The topological polar surface area (TPSA) is 49.4 Å². The lowest BCUT2D eigenvalue weighted by atomic mass is 10.0. The molecule has 1 aliphatic heterocycles. The summed E-state index contributed by atoms with van der Waals surface area (Å²) in [5.41, 5.74) is 1.83. The van der Waals surface area contributed by atoms with Crippen LogP contribution in [0.25, 0.3) is 0 Å². The average molecular weight is 316 g/mol. The summed E-state index contributed by atoms with van der Waals surface area (Å²) >= 11 is 0. The van der Waals surface area contributed by atoms with Gasteiger partial charge < -0.3 is 10.2 Å². The molecule has 0 aromatic heterocycles. The zero-order valence-corrected chi connectivity index (χ0v) is 12.4. The van der Waals surface area contributed by atoms with Gasteiger partial charge in [-0.3, -0.25) is 9.59 Å². The molecule has 0 saturated carbocycles. The second kappa shape index (κ2) is 5.79. The highest BCUT2D eigenvalue weighted by molar-refractivity contribution is 6.05. The van der Waals surface area contributed by atoms with Gasteiger partial charge >= 0.3 is 0 Å². The van der Waals surface area contributed by atoms with Gasteiger partial charge in [-0.2, -0.15) is 0 Å². The number of aryl methyl sites for hydroxylation is 1. The fourth-order valence-electron chi connectivity index (χ4n) is 2.60. The molecule has 0 aliphatic carbocycles. The molecule has 0 radical (unpaired) electrons. The van der Waals surface area contributed by atoms with Crippen molar-refractivity contribution >= 4 is 23.2 Å². The van der Waals surface area contributed by atoms with Crippen molar-refractivity contribution in [2.24, 2.45) is 0 Å². The molecule has 2 aromatic rings. The van der Waals surface area contributed by atoms with Crippen LogP contribution in [0.4, 0.5) is 20.2 Å². The number of hydrogen-bond donors (Lipinski definition) is 1. The van der Waals surface area contributed by atoms with Gasteiger partial charge in [0, 0.05) is 24.8 Å². The third-order valence-electron chi connectivity index (χ3n) is 3.85. The van der Waals surface area contributed by atoms with Crippen molar-refractivity contribution in [3.63, 3.8) is 0 Å². The number of halogens is 2. The van der Waals surface area contributed by atoms with E-state index in [9.17, 15) is 18.4 Å². The third kappa shape index (κ3) is 2.92. The first kappa shape index (κ1) is 15.1. The van der Waals surface area contributed by atoms with E-state index in [0.29, 0.717) is 18.5 Å². The van der Waals surface area contributed by atoms with Crippen LogP contribution >= 0.6 is 0 Å². The van der Waals surface area contributed by atoms with E-state index in [2.05, 4.69) is 5.32 Å². The molecular formula is C17H14F2N2O2. The Bertz CT molecular complexity index is 805. The molecule has 6 heteroatoms. The molecule has 0 fully saturated rings. The monoisotopic (exact) mass is 316 g/mol. The van der Waals surface area contributed by atoms with E-state index in [1.54, 1.807) is 30.1 Å². The minimum Gasteiger partial charge on any atom is -0.322 e. The molecule has 1 N–H and O–H groups in total. The highest BCUT2D eigenvalue weighted by atomic mass is 19.1. The van der Waals surface area contributed by atoms with Crippen LogP contribution < -0.4 is 10.2 Å². The summed E-state index contributed by atoms with van der Waals surface area (Å²) in [5.74, 6) is -2.15. The van der Waals surface area contributed by atoms with E-state index >= 15 is 0 Å². The summed E-state index contributed by atoms with van der Waals surface area (Å²) in [6, 6.07) is 7.82. The Balaban J connectivity index is 1.85. The van der Waals surface area contributed by atoms with Crippen molar-refractivity contribution in [2.75, 3.05) is 17.3 Å². The number of hydrogen-bond acceptors (Lipinski definition) is 2. The zero-order chi connectivity index (χ0) is 16.6. The minimum atomic E-state index is -0.785. The Morgan fingerprint density at radius 2 is 1.91 bits per heavy atom. The predicted octanol–water partition coefficient (Wildman–Crippen LogP) is 3.13. The maximum atomic E-state index is 13.6. The van der Waals surface area contributed by atoms with Crippen molar-refractivity contribution in [2.45, 2.75) is 12.8 Å². The normalized spacial score (nSPS) is 13.7. The maximum Gasteiger partial charge on any atom is 0.258 e. The Kier molecular flexibility index (Phi) is 3.82. The lowest BCUT2D eigenvalue weighted by Crippen LogP contribution is -2.31. The zero-order valence-electron chi connectivity index (χ0n) is 12.4. The molecule has 0 unspecified atom stereocenters. The first-order valence-electron chi connectivity index (χ1n) is 7.11. The molecular weight excluding hydrogens is 302 g/mol. The Hall–Kier alpha value is -2.76. The number of carbonyl (C=O) groups is 2. The summed E-state index contributed by atoms with van der Waals surface area (Å²) in [7, 11) is 1.70. The number of nitrogens with zero attached hydrogens (tertiary/aromatic N) is 1. The van der Waals surface area contributed by atoms with Gasteiger partial charge in [0.25, 0.3) is 5.91 Å². The number of benzene rings is 2. The Morgan fingerprint density at radius 3 is 2.70 bits per heavy atom. The third-order valence-corrected chi connectivity index (χ3v) is 3.85. The van der Waals surface area contributed by atoms with Crippen LogP contribution in [0.15, 0.2) is 36.4 Å². The molecule has 118 valence electrons. The van der Waals surface area contributed by atoms with Crippen molar-refractivity contribution in [1.82, 2.24) is 0 Å². The van der Waals surface area contributed by atoms with Crippen LogP contribution in [0, 0.1) is 11.6 Å². The molecule has 1 aliphatic rings. The SMILES string of the molecule is CN1C(=O)CCc2cc(NC(=O)c3cc(F)ccc3F)ccc21. The standard InChI is InChI=1S/C17H14F2N2O2/c1-21-15-6-4-12(8-10(15)2-7-16(21)22)20-17(23)13-9-11(18)3-5-14(13)19/h3-6,8-9H,2,7H2,1H3,(H,20,23). The fourth-order valence-corrected chi connectivity index (χ4v) is 2.60. The fraction of sp³-hybridized carbons (Fsp3) is 0.176. The Labute approximate surface area is 131 Å². The van der Waals surface area contributed by atoms with Crippen LogP contribution in [-0.4, -0.2) is 18.9 Å². The van der Waals surface area contributed by atoms with Gasteiger partial charge in [0.2, 0.25) is 5.91 Å². The van der Waals surface area contributed by atoms with Crippen molar-refractivity contribution < 1.29 is 18.4 Å². The summed E-state index contributed by atoms with van der Waals surface area (Å²) in [5, 5.41) is 2.55. The largest absolute Gasteiger partial charge is 0.322 e. The number of nitrogens with one attached hydrogen (secondary N) is 1. The van der Waals surface area contributed by atoms with Gasteiger partial charge in [0.1, 0.15) is 11.6 Å². The number of carbonyl (C=O) groups excluding carboxylic acids is 2. The van der Waals surface area contributed by atoms with Crippen LogP contribution in [0.5, 0.6) is 0 Å².